The van der Waals surface area contributed by atoms with E-state index in [2.05, 4.69) is 4.72 Å². The molecular weight excluding hydrogens is 250 g/mol. The van der Waals surface area contributed by atoms with E-state index in [1.807, 2.05) is 0 Å². The summed E-state index contributed by atoms with van der Waals surface area (Å²) in [6, 6.07) is 6.86. The van der Waals surface area contributed by atoms with Crippen molar-refractivity contribution in [3.05, 3.63) is 29.8 Å². The second-order valence-electron chi connectivity index (χ2n) is 3.34. The maximum Gasteiger partial charge on any atom is 0.226 e. The van der Waals surface area contributed by atoms with Crippen LogP contribution in [0.1, 0.15) is 18.5 Å². The highest BCUT2D eigenvalue weighted by Gasteiger charge is 2.14. The second kappa shape index (κ2) is 5.52. The Labute approximate surface area is 101 Å². The monoisotopic (exact) mass is 263 g/mol. The average molecular weight is 264 g/mol. The summed E-state index contributed by atoms with van der Waals surface area (Å²) in [4.78, 5) is 0. The van der Waals surface area contributed by atoms with Crippen molar-refractivity contribution >= 4 is 21.6 Å². The molecule has 1 N–H and O–H groups in total. The molecule has 0 heterocycles. The van der Waals surface area contributed by atoms with Gasteiger partial charge in [0.2, 0.25) is 10.0 Å². The highest BCUT2D eigenvalue weighted by atomic mass is 35.5. The fourth-order valence-corrected chi connectivity index (χ4v) is 2.19. The van der Waals surface area contributed by atoms with Gasteiger partial charge in [-0.25, -0.2) is 13.1 Å². The molecule has 4 nitrogen and oxygen atoms in total. The summed E-state index contributed by atoms with van der Waals surface area (Å²) >= 11 is 5.30. The molecule has 0 radical (unpaired) electrons. The Hall–Kier alpha value is -0.780. The first-order chi connectivity index (χ1) is 7.48. The first-order valence-corrected chi connectivity index (χ1v) is 6.87. The van der Waals surface area contributed by atoms with Crippen LogP contribution in [0.3, 0.4) is 0 Å². The van der Waals surface area contributed by atoms with Gasteiger partial charge in [0, 0.05) is 6.04 Å². The predicted molar refractivity (Wildman–Crippen MR) is 64.2 cm³/mol. The average Bonchev–Trinajstić information content (AvgIpc) is 2.28. The molecule has 90 valence electrons. The SMILES string of the molecule is COc1ccc([C@@H](C)NS(=O)(=O)CCl)cc1. The molecule has 0 aromatic heterocycles. The lowest BCUT2D eigenvalue weighted by molar-refractivity contribution is 0.414. The van der Waals surface area contributed by atoms with Crippen LogP contribution >= 0.6 is 11.6 Å². The summed E-state index contributed by atoms with van der Waals surface area (Å²) in [5.74, 6) is 0.733. The van der Waals surface area contributed by atoms with Crippen molar-refractivity contribution in [2.45, 2.75) is 13.0 Å². The topological polar surface area (TPSA) is 55.4 Å². The van der Waals surface area contributed by atoms with Crippen molar-refractivity contribution in [2.24, 2.45) is 0 Å². The van der Waals surface area contributed by atoms with E-state index in [4.69, 9.17) is 16.3 Å². The molecule has 1 atom stereocenters. The fourth-order valence-electron chi connectivity index (χ4n) is 1.26. The van der Waals surface area contributed by atoms with E-state index in [0.717, 1.165) is 11.3 Å². The highest BCUT2D eigenvalue weighted by molar-refractivity contribution is 7.90. The summed E-state index contributed by atoms with van der Waals surface area (Å²) in [5.41, 5.74) is 0.856. The van der Waals surface area contributed by atoms with Crippen molar-refractivity contribution in [3.8, 4) is 5.75 Å². The molecule has 0 spiro atoms. The van der Waals surface area contributed by atoms with Crippen LogP contribution in [0.15, 0.2) is 24.3 Å². The molecule has 0 fully saturated rings. The Balaban J connectivity index is 2.77. The quantitative estimate of drug-likeness (QED) is 0.825. The van der Waals surface area contributed by atoms with Gasteiger partial charge >= 0.3 is 0 Å². The van der Waals surface area contributed by atoms with Gasteiger partial charge in [0.05, 0.1) is 7.11 Å². The summed E-state index contributed by atoms with van der Waals surface area (Å²) in [6.07, 6.45) is 0. The normalized spacial score (nSPS) is 13.4. The van der Waals surface area contributed by atoms with Crippen LogP contribution in [0.25, 0.3) is 0 Å². The minimum atomic E-state index is -3.40. The fraction of sp³-hybridized carbons (Fsp3) is 0.400. The van der Waals surface area contributed by atoms with E-state index in [1.54, 1.807) is 38.3 Å². The minimum absolute atomic E-state index is 0.311. The van der Waals surface area contributed by atoms with E-state index in [1.165, 1.54) is 0 Å². The highest BCUT2D eigenvalue weighted by Crippen LogP contribution is 2.17. The molecule has 0 amide bonds. The first kappa shape index (κ1) is 13.3. The molecule has 0 unspecified atom stereocenters. The zero-order chi connectivity index (χ0) is 12.2. The molecule has 0 saturated heterocycles. The Morgan fingerprint density at radius 1 is 1.38 bits per heavy atom. The van der Waals surface area contributed by atoms with E-state index in [0.29, 0.717) is 0 Å². The third kappa shape index (κ3) is 3.66. The zero-order valence-corrected chi connectivity index (χ0v) is 10.7. The lowest BCUT2D eigenvalue weighted by Gasteiger charge is -2.13. The van der Waals surface area contributed by atoms with Crippen LogP contribution in [0.5, 0.6) is 5.75 Å². The van der Waals surface area contributed by atoms with Gasteiger partial charge in [0.25, 0.3) is 0 Å². The number of sulfonamides is 1. The summed E-state index contributed by atoms with van der Waals surface area (Å²) < 4.78 is 29.9. The Kier molecular flexibility index (Phi) is 4.58. The number of alkyl halides is 1. The van der Waals surface area contributed by atoms with Crippen LogP contribution < -0.4 is 9.46 Å². The molecule has 16 heavy (non-hydrogen) atoms. The molecule has 1 rings (SSSR count). The molecule has 6 heteroatoms. The largest absolute Gasteiger partial charge is 0.497 e. The van der Waals surface area contributed by atoms with Gasteiger partial charge in [-0.15, -0.1) is 11.6 Å². The Morgan fingerprint density at radius 2 is 1.94 bits per heavy atom. The first-order valence-electron chi connectivity index (χ1n) is 4.68. The number of nitrogens with one attached hydrogen (secondary N) is 1. The predicted octanol–water partition coefficient (Wildman–Crippen LogP) is 1.87. The molecule has 0 saturated carbocycles. The number of methoxy groups -OCH3 is 1. The Bertz CT molecular complexity index is 430. The molecule has 1 aromatic rings. The number of hydrogen-bond acceptors (Lipinski definition) is 3. The van der Waals surface area contributed by atoms with Crippen molar-refractivity contribution in [1.29, 1.82) is 0 Å². The Morgan fingerprint density at radius 3 is 2.38 bits per heavy atom. The maximum atomic E-state index is 11.2. The summed E-state index contributed by atoms with van der Waals surface area (Å²) in [7, 11) is -1.82. The number of ether oxygens (including phenoxy) is 1. The van der Waals surface area contributed by atoms with Crippen molar-refractivity contribution in [1.82, 2.24) is 4.72 Å². The van der Waals surface area contributed by atoms with Crippen LogP contribution in [0, 0.1) is 0 Å². The third-order valence-electron chi connectivity index (χ3n) is 2.12. The molecule has 0 aliphatic heterocycles. The van der Waals surface area contributed by atoms with Crippen LogP contribution in [0.4, 0.5) is 0 Å². The van der Waals surface area contributed by atoms with E-state index < -0.39 is 15.2 Å². The van der Waals surface area contributed by atoms with Crippen LogP contribution in [-0.4, -0.2) is 20.7 Å². The summed E-state index contributed by atoms with van der Waals surface area (Å²) in [6.45, 7) is 1.76. The van der Waals surface area contributed by atoms with Crippen molar-refractivity contribution < 1.29 is 13.2 Å². The number of benzene rings is 1. The standard InChI is InChI=1S/C10H14ClNO3S/c1-8(12-16(13,14)7-11)9-3-5-10(15-2)6-4-9/h3-6,8,12H,7H2,1-2H3/t8-/m1/s1. The molecule has 0 aliphatic carbocycles. The molecule has 1 aromatic carbocycles. The van der Waals surface area contributed by atoms with E-state index in [-0.39, 0.29) is 6.04 Å². The second-order valence-corrected chi connectivity index (χ2v) is 5.67. The zero-order valence-electron chi connectivity index (χ0n) is 9.10. The minimum Gasteiger partial charge on any atom is -0.497 e. The van der Waals surface area contributed by atoms with Gasteiger partial charge in [-0.2, -0.15) is 0 Å². The smallest absolute Gasteiger partial charge is 0.226 e. The van der Waals surface area contributed by atoms with Gasteiger partial charge in [-0.3, -0.25) is 0 Å². The van der Waals surface area contributed by atoms with Crippen molar-refractivity contribution in [2.75, 3.05) is 12.3 Å². The van der Waals surface area contributed by atoms with Crippen LogP contribution in [-0.2, 0) is 10.0 Å². The molecular formula is C10H14ClNO3S. The van der Waals surface area contributed by atoms with Gasteiger partial charge in [0.15, 0.2) is 0 Å². The molecule has 0 aliphatic rings. The van der Waals surface area contributed by atoms with Gasteiger partial charge in [-0.1, -0.05) is 12.1 Å². The number of halogens is 1. The number of hydrogen-bond donors (Lipinski definition) is 1. The third-order valence-corrected chi connectivity index (χ3v) is 3.98. The lowest BCUT2D eigenvalue weighted by Crippen LogP contribution is -2.27. The van der Waals surface area contributed by atoms with Gasteiger partial charge in [0.1, 0.15) is 11.0 Å². The van der Waals surface area contributed by atoms with Gasteiger partial charge in [-0.05, 0) is 24.6 Å². The van der Waals surface area contributed by atoms with E-state index >= 15 is 0 Å². The summed E-state index contributed by atoms with van der Waals surface area (Å²) in [5, 5.41) is -0.437. The van der Waals surface area contributed by atoms with Crippen LogP contribution in [0.2, 0.25) is 0 Å². The maximum absolute atomic E-state index is 11.2. The molecule has 0 bridgehead atoms. The van der Waals surface area contributed by atoms with E-state index in [9.17, 15) is 8.42 Å². The number of rotatable bonds is 5. The van der Waals surface area contributed by atoms with Crippen molar-refractivity contribution in [3.63, 3.8) is 0 Å². The van der Waals surface area contributed by atoms with Gasteiger partial charge < -0.3 is 4.74 Å². The lowest BCUT2D eigenvalue weighted by atomic mass is 10.1.